The third kappa shape index (κ3) is 4.47. The normalized spacial score (nSPS) is 15.0. The summed E-state index contributed by atoms with van der Waals surface area (Å²) < 4.78 is 0. The molecule has 0 bridgehead atoms. The summed E-state index contributed by atoms with van der Waals surface area (Å²) in [6.45, 7) is 1.74. The zero-order chi connectivity index (χ0) is 17.5. The molecule has 2 N–H and O–H groups in total. The van der Waals surface area contributed by atoms with E-state index in [0.29, 0.717) is 25.2 Å². The number of pyridine rings is 1. The molecule has 7 nitrogen and oxygen atoms in total. The van der Waals surface area contributed by atoms with E-state index in [0.717, 1.165) is 17.9 Å². The van der Waals surface area contributed by atoms with Crippen LogP contribution in [0.15, 0.2) is 23.4 Å². The molecule has 8 heteroatoms. The second kappa shape index (κ2) is 8.68. The number of likely N-dealkylation sites (N-methyl/N-ethyl adjacent to an activating group) is 1. The van der Waals surface area contributed by atoms with Crippen LogP contribution in [0.25, 0.3) is 0 Å². The van der Waals surface area contributed by atoms with E-state index in [2.05, 4.69) is 15.6 Å². The van der Waals surface area contributed by atoms with Crippen LogP contribution in [-0.2, 0) is 9.59 Å². The second-order valence-corrected chi connectivity index (χ2v) is 6.38. The first-order valence-corrected chi connectivity index (χ1v) is 9.07. The number of amides is 3. The lowest BCUT2D eigenvalue weighted by Gasteiger charge is -2.32. The first-order valence-electron chi connectivity index (χ1n) is 7.85. The molecule has 130 valence electrons. The predicted molar refractivity (Wildman–Crippen MR) is 91.7 cm³/mol. The molecule has 0 aliphatic carbocycles. The largest absolute Gasteiger partial charge is 0.351 e. The minimum Gasteiger partial charge on any atom is -0.351 e. The van der Waals surface area contributed by atoms with Crippen molar-refractivity contribution in [1.82, 2.24) is 20.5 Å². The summed E-state index contributed by atoms with van der Waals surface area (Å²) >= 11 is 1.46. The maximum atomic E-state index is 12.6. The zero-order valence-corrected chi connectivity index (χ0v) is 14.7. The van der Waals surface area contributed by atoms with Gasteiger partial charge in [-0.05, 0) is 37.1 Å². The Morgan fingerprint density at radius 2 is 2.00 bits per heavy atom. The lowest BCUT2D eigenvalue weighted by atomic mass is 9.96. The van der Waals surface area contributed by atoms with Crippen molar-refractivity contribution >= 4 is 29.5 Å². The topological polar surface area (TPSA) is 91.4 Å². The van der Waals surface area contributed by atoms with Gasteiger partial charge in [0.2, 0.25) is 0 Å². The van der Waals surface area contributed by atoms with Crippen molar-refractivity contribution in [2.45, 2.75) is 17.9 Å². The van der Waals surface area contributed by atoms with E-state index in [1.807, 2.05) is 11.2 Å². The summed E-state index contributed by atoms with van der Waals surface area (Å²) in [5, 5.41) is 5.66. The lowest BCUT2D eigenvalue weighted by Crippen LogP contribution is -2.44. The molecular formula is C16H22N4O3S. The number of carbonyl (C=O) groups excluding carboxylic acids is 3. The summed E-state index contributed by atoms with van der Waals surface area (Å²) in [7, 11) is 1.42. The standard InChI is InChI=1S/C16H22N4O3S/c1-17-13(21)14(22)19-10-11-5-8-20(9-6-11)16(23)12-4-3-7-18-15(12)24-2/h3-4,7,11H,5-6,8-10H2,1-2H3,(H,17,21)(H,19,22). The number of thioether (sulfide) groups is 1. The van der Waals surface area contributed by atoms with Gasteiger partial charge in [-0.25, -0.2) is 4.98 Å². The van der Waals surface area contributed by atoms with Crippen LogP contribution in [0.3, 0.4) is 0 Å². The number of aromatic nitrogens is 1. The summed E-state index contributed by atoms with van der Waals surface area (Å²) in [4.78, 5) is 41.3. The number of rotatable bonds is 4. The van der Waals surface area contributed by atoms with Gasteiger partial charge < -0.3 is 15.5 Å². The van der Waals surface area contributed by atoms with E-state index in [1.165, 1.54) is 18.8 Å². The Kier molecular flexibility index (Phi) is 6.60. The molecule has 0 aromatic carbocycles. The van der Waals surface area contributed by atoms with E-state index < -0.39 is 11.8 Å². The van der Waals surface area contributed by atoms with Crippen LogP contribution in [-0.4, -0.2) is 60.5 Å². The molecule has 24 heavy (non-hydrogen) atoms. The Bertz CT molecular complexity index is 615. The second-order valence-electron chi connectivity index (χ2n) is 5.58. The molecule has 0 atom stereocenters. The van der Waals surface area contributed by atoms with Crippen LogP contribution in [0.4, 0.5) is 0 Å². The van der Waals surface area contributed by atoms with Crippen molar-refractivity contribution in [2.75, 3.05) is 32.9 Å². The van der Waals surface area contributed by atoms with E-state index in [1.54, 1.807) is 18.3 Å². The van der Waals surface area contributed by atoms with E-state index in [-0.39, 0.29) is 11.8 Å². The fraction of sp³-hybridized carbons (Fsp3) is 0.500. The highest BCUT2D eigenvalue weighted by molar-refractivity contribution is 7.98. The fourth-order valence-electron chi connectivity index (χ4n) is 2.66. The Labute approximate surface area is 145 Å². The van der Waals surface area contributed by atoms with Gasteiger partial charge in [-0.2, -0.15) is 0 Å². The zero-order valence-electron chi connectivity index (χ0n) is 13.9. The number of hydrogen-bond donors (Lipinski definition) is 2. The fourth-order valence-corrected chi connectivity index (χ4v) is 3.20. The molecule has 1 aliphatic rings. The van der Waals surface area contributed by atoms with Crippen molar-refractivity contribution in [3.8, 4) is 0 Å². The Morgan fingerprint density at radius 1 is 1.29 bits per heavy atom. The molecule has 1 aliphatic heterocycles. The summed E-state index contributed by atoms with van der Waals surface area (Å²) in [6.07, 6.45) is 5.19. The number of piperidine rings is 1. The summed E-state index contributed by atoms with van der Waals surface area (Å²) in [5.74, 6) is -0.975. The monoisotopic (exact) mass is 350 g/mol. The van der Waals surface area contributed by atoms with Gasteiger partial charge in [0, 0.05) is 32.9 Å². The Hall–Kier alpha value is -2.09. The molecule has 0 radical (unpaired) electrons. The van der Waals surface area contributed by atoms with Gasteiger partial charge in [0.15, 0.2) is 0 Å². The third-order valence-corrected chi connectivity index (χ3v) is 4.79. The maximum absolute atomic E-state index is 12.6. The average molecular weight is 350 g/mol. The molecule has 1 saturated heterocycles. The van der Waals surface area contributed by atoms with Gasteiger partial charge in [0.05, 0.1) is 5.56 Å². The number of nitrogens with zero attached hydrogens (tertiary/aromatic N) is 2. The minimum absolute atomic E-state index is 0.000274. The van der Waals surface area contributed by atoms with Gasteiger partial charge in [0.1, 0.15) is 5.03 Å². The van der Waals surface area contributed by atoms with Crippen LogP contribution in [0.1, 0.15) is 23.2 Å². The lowest BCUT2D eigenvalue weighted by molar-refractivity contribution is -0.139. The van der Waals surface area contributed by atoms with Crippen molar-refractivity contribution in [3.63, 3.8) is 0 Å². The van der Waals surface area contributed by atoms with Crippen molar-refractivity contribution in [2.24, 2.45) is 5.92 Å². The van der Waals surface area contributed by atoms with Crippen molar-refractivity contribution in [1.29, 1.82) is 0 Å². The van der Waals surface area contributed by atoms with Crippen molar-refractivity contribution < 1.29 is 14.4 Å². The van der Waals surface area contributed by atoms with Gasteiger partial charge in [-0.1, -0.05) is 0 Å². The van der Waals surface area contributed by atoms with Crippen LogP contribution in [0.2, 0.25) is 0 Å². The first-order chi connectivity index (χ1) is 11.6. The van der Waals surface area contributed by atoms with Crippen LogP contribution >= 0.6 is 11.8 Å². The smallest absolute Gasteiger partial charge is 0.309 e. The van der Waals surface area contributed by atoms with Gasteiger partial charge >= 0.3 is 11.8 Å². The molecule has 0 spiro atoms. The SMILES string of the molecule is CNC(=O)C(=O)NCC1CCN(C(=O)c2cccnc2SC)CC1. The Morgan fingerprint density at radius 3 is 2.62 bits per heavy atom. The number of likely N-dealkylation sites (tertiary alicyclic amines) is 1. The average Bonchev–Trinajstić information content (AvgIpc) is 2.65. The molecule has 1 aromatic rings. The number of nitrogens with one attached hydrogen (secondary N) is 2. The number of carbonyl (C=O) groups is 3. The quantitative estimate of drug-likeness (QED) is 0.610. The molecule has 3 amide bonds. The molecule has 1 fully saturated rings. The molecule has 2 heterocycles. The van der Waals surface area contributed by atoms with Crippen LogP contribution in [0.5, 0.6) is 0 Å². The van der Waals surface area contributed by atoms with E-state index in [9.17, 15) is 14.4 Å². The van der Waals surface area contributed by atoms with Crippen LogP contribution < -0.4 is 10.6 Å². The molecule has 0 saturated carbocycles. The highest BCUT2D eigenvalue weighted by Gasteiger charge is 2.25. The van der Waals surface area contributed by atoms with Crippen LogP contribution in [0, 0.1) is 5.92 Å². The highest BCUT2D eigenvalue weighted by atomic mass is 32.2. The Balaban J connectivity index is 1.85. The first kappa shape index (κ1) is 18.3. The summed E-state index contributed by atoms with van der Waals surface area (Å²) in [5.41, 5.74) is 0.636. The summed E-state index contributed by atoms with van der Waals surface area (Å²) in [6, 6.07) is 3.57. The van der Waals surface area contributed by atoms with Crippen molar-refractivity contribution in [3.05, 3.63) is 23.9 Å². The van der Waals surface area contributed by atoms with Gasteiger partial charge in [-0.3, -0.25) is 14.4 Å². The number of hydrogen-bond acceptors (Lipinski definition) is 5. The van der Waals surface area contributed by atoms with Gasteiger partial charge in [0.25, 0.3) is 5.91 Å². The highest BCUT2D eigenvalue weighted by Crippen LogP contribution is 2.22. The molecular weight excluding hydrogens is 328 g/mol. The third-order valence-electron chi connectivity index (χ3n) is 4.08. The predicted octanol–water partition coefficient (Wildman–Crippen LogP) is 0.518. The van der Waals surface area contributed by atoms with Gasteiger partial charge in [-0.15, -0.1) is 11.8 Å². The van der Waals surface area contributed by atoms with E-state index >= 15 is 0 Å². The maximum Gasteiger partial charge on any atom is 0.309 e. The minimum atomic E-state index is -0.635. The molecule has 0 unspecified atom stereocenters. The molecule has 2 rings (SSSR count). The molecule has 1 aromatic heterocycles. The van der Waals surface area contributed by atoms with E-state index in [4.69, 9.17) is 0 Å².